The van der Waals surface area contributed by atoms with E-state index in [4.69, 9.17) is 15.2 Å². The van der Waals surface area contributed by atoms with Gasteiger partial charge in [-0.05, 0) is 23.8 Å². The predicted molar refractivity (Wildman–Crippen MR) is 70.1 cm³/mol. The fraction of sp³-hybridized carbons (Fsp3) is 0.286. The van der Waals surface area contributed by atoms with Crippen LogP contribution in [0.2, 0.25) is 0 Å². The van der Waals surface area contributed by atoms with Crippen molar-refractivity contribution in [3.63, 3.8) is 0 Å². The molecule has 100 valence electrons. The lowest BCUT2D eigenvalue weighted by molar-refractivity contribution is -0.146. The van der Waals surface area contributed by atoms with Crippen LogP contribution in [-0.2, 0) is 19.1 Å². The summed E-state index contributed by atoms with van der Waals surface area (Å²) in [6.45, 7) is 0.164. The Morgan fingerprint density at radius 2 is 2.11 bits per heavy atom. The molecule has 2 atom stereocenters. The van der Waals surface area contributed by atoms with Crippen LogP contribution in [-0.4, -0.2) is 32.1 Å². The number of aldehydes is 1. The Kier molecular flexibility index (Phi) is 3.97. The number of cyclic esters (lactones) is 1. The molecule has 0 saturated carbocycles. The molecule has 1 aliphatic rings. The highest BCUT2D eigenvalue weighted by Crippen LogP contribution is 2.26. The zero-order valence-corrected chi connectivity index (χ0v) is 10.5. The van der Waals surface area contributed by atoms with Crippen molar-refractivity contribution in [1.82, 2.24) is 0 Å². The molecule has 0 aliphatic carbocycles. The standard InChI is InChI=1S/C14H15NO4/c1-18-13-12(8-19-14(13)17)10(7-16)6-9-2-4-11(15)5-3-9/h2-7,12-13H,8,15H2,1H3/b10-6+/t12-,13?/m0/s1. The van der Waals surface area contributed by atoms with E-state index in [0.29, 0.717) is 11.3 Å². The number of benzene rings is 1. The van der Waals surface area contributed by atoms with Gasteiger partial charge >= 0.3 is 5.97 Å². The van der Waals surface area contributed by atoms with E-state index in [1.807, 2.05) is 0 Å². The summed E-state index contributed by atoms with van der Waals surface area (Å²) in [4.78, 5) is 22.6. The molecule has 1 unspecified atom stereocenters. The maximum absolute atomic E-state index is 11.4. The minimum Gasteiger partial charge on any atom is -0.463 e. The van der Waals surface area contributed by atoms with Gasteiger partial charge in [0.25, 0.3) is 0 Å². The fourth-order valence-electron chi connectivity index (χ4n) is 2.05. The number of methoxy groups -OCH3 is 1. The van der Waals surface area contributed by atoms with E-state index in [1.165, 1.54) is 7.11 Å². The van der Waals surface area contributed by atoms with E-state index in [9.17, 15) is 9.59 Å². The highest BCUT2D eigenvalue weighted by molar-refractivity contribution is 5.87. The summed E-state index contributed by atoms with van der Waals surface area (Å²) in [5.74, 6) is -0.801. The summed E-state index contributed by atoms with van der Waals surface area (Å²) >= 11 is 0. The maximum atomic E-state index is 11.4. The second-order valence-corrected chi connectivity index (χ2v) is 4.32. The number of nitrogen functional groups attached to an aromatic ring is 1. The van der Waals surface area contributed by atoms with Crippen molar-refractivity contribution in [3.8, 4) is 0 Å². The van der Waals surface area contributed by atoms with Crippen LogP contribution in [0.1, 0.15) is 5.56 Å². The largest absolute Gasteiger partial charge is 0.463 e. The molecular formula is C14H15NO4. The smallest absolute Gasteiger partial charge is 0.336 e. The zero-order chi connectivity index (χ0) is 13.8. The topological polar surface area (TPSA) is 78.6 Å². The second-order valence-electron chi connectivity index (χ2n) is 4.32. The fourth-order valence-corrected chi connectivity index (χ4v) is 2.05. The molecule has 1 saturated heterocycles. The molecular weight excluding hydrogens is 246 g/mol. The van der Waals surface area contributed by atoms with Crippen molar-refractivity contribution < 1.29 is 19.1 Å². The van der Waals surface area contributed by atoms with Crippen LogP contribution in [0.3, 0.4) is 0 Å². The Labute approximate surface area is 111 Å². The Bertz CT molecular complexity index is 507. The van der Waals surface area contributed by atoms with Gasteiger partial charge in [0.2, 0.25) is 0 Å². The third-order valence-corrected chi connectivity index (χ3v) is 3.09. The third kappa shape index (κ3) is 2.82. The lowest BCUT2D eigenvalue weighted by Gasteiger charge is -2.13. The van der Waals surface area contributed by atoms with Crippen molar-refractivity contribution in [2.24, 2.45) is 5.92 Å². The van der Waals surface area contributed by atoms with Crippen LogP contribution in [0.15, 0.2) is 29.8 Å². The van der Waals surface area contributed by atoms with Gasteiger partial charge < -0.3 is 15.2 Å². The van der Waals surface area contributed by atoms with E-state index in [-0.39, 0.29) is 12.5 Å². The van der Waals surface area contributed by atoms with Gasteiger partial charge in [-0.2, -0.15) is 0 Å². The predicted octanol–water partition coefficient (Wildman–Crippen LogP) is 1.04. The first-order chi connectivity index (χ1) is 9.15. The number of anilines is 1. The molecule has 19 heavy (non-hydrogen) atoms. The number of hydrogen-bond donors (Lipinski definition) is 1. The van der Waals surface area contributed by atoms with Gasteiger partial charge in [-0.15, -0.1) is 0 Å². The molecule has 0 aromatic heterocycles. The minimum absolute atomic E-state index is 0.164. The highest BCUT2D eigenvalue weighted by atomic mass is 16.6. The summed E-state index contributed by atoms with van der Waals surface area (Å²) in [5.41, 5.74) is 7.56. The monoisotopic (exact) mass is 261 g/mol. The van der Waals surface area contributed by atoms with Crippen LogP contribution in [0, 0.1) is 5.92 Å². The Hall–Kier alpha value is -2.14. The minimum atomic E-state index is -0.717. The molecule has 1 aromatic rings. The summed E-state index contributed by atoms with van der Waals surface area (Å²) in [6.07, 6.45) is 1.73. The van der Waals surface area contributed by atoms with Crippen LogP contribution >= 0.6 is 0 Å². The molecule has 0 bridgehead atoms. The molecule has 5 nitrogen and oxygen atoms in total. The number of carbonyl (C=O) groups excluding carboxylic acids is 2. The molecule has 1 heterocycles. The van der Waals surface area contributed by atoms with Crippen molar-refractivity contribution >= 4 is 24.0 Å². The van der Waals surface area contributed by atoms with E-state index >= 15 is 0 Å². The number of esters is 1. The Morgan fingerprint density at radius 1 is 1.42 bits per heavy atom. The van der Waals surface area contributed by atoms with Crippen molar-refractivity contribution in [3.05, 3.63) is 35.4 Å². The highest BCUT2D eigenvalue weighted by Gasteiger charge is 2.39. The number of rotatable bonds is 4. The van der Waals surface area contributed by atoms with Gasteiger partial charge in [0.1, 0.15) is 12.9 Å². The van der Waals surface area contributed by atoms with Crippen LogP contribution in [0.25, 0.3) is 6.08 Å². The molecule has 0 radical (unpaired) electrons. The molecule has 0 spiro atoms. The quantitative estimate of drug-likeness (QED) is 0.379. The van der Waals surface area contributed by atoms with E-state index < -0.39 is 12.1 Å². The van der Waals surface area contributed by atoms with Crippen LogP contribution < -0.4 is 5.73 Å². The number of carbonyl (C=O) groups is 2. The maximum Gasteiger partial charge on any atom is 0.336 e. The molecule has 1 aliphatic heterocycles. The molecule has 1 fully saturated rings. The molecule has 1 aromatic carbocycles. The van der Waals surface area contributed by atoms with Crippen LogP contribution in [0.4, 0.5) is 5.69 Å². The molecule has 2 rings (SSSR count). The Balaban J connectivity index is 2.27. The molecule has 0 amide bonds. The number of ether oxygens (including phenoxy) is 2. The third-order valence-electron chi connectivity index (χ3n) is 3.09. The lowest BCUT2D eigenvalue weighted by atomic mass is 9.94. The van der Waals surface area contributed by atoms with Crippen LogP contribution in [0.5, 0.6) is 0 Å². The van der Waals surface area contributed by atoms with Gasteiger partial charge in [0.05, 0.1) is 5.92 Å². The van der Waals surface area contributed by atoms with Crippen molar-refractivity contribution in [2.75, 3.05) is 19.5 Å². The summed E-state index contributed by atoms with van der Waals surface area (Å²) in [7, 11) is 1.43. The van der Waals surface area contributed by atoms with Gasteiger partial charge in [-0.25, -0.2) is 4.79 Å². The SMILES string of the molecule is COC1C(=O)OC[C@H]1/C(C=O)=C/c1ccc(N)cc1. The first-order valence-electron chi connectivity index (χ1n) is 5.87. The van der Waals surface area contributed by atoms with Gasteiger partial charge in [-0.3, -0.25) is 4.79 Å². The molecule has 2 N–H and O–H groups in total. The summed E-state index contributed by atoms with van der Waals surface area (Å²) in [5, 5.41) is 0. The lowest BCUT2D eigenvalue weighted by Crippen LogP contribution is -2.26. The second kappa shape index (κ2) is 5.67. The summed E-state index contributed by atoms with van der Waals surface area (Å²) < 4.78 is 10.0. The summed E-state index contributed by atoms with van der Waals surface area (Å²) in [6, 6.07) is 7.10. The van der Waals surface area contributed by atoms with E-state index in [1.54, 1.807) is 30.3 Å². The normalized spacial score (nSPS) is 23.2. The van der Waals surface area contributed by atoms with Crippen molar-refractivity contribution in [2.45, 2.75) is 6.10 Å². The average Bonchev–Trinajstić information content (AvgIpc) is 2.79. The average molecular weight is 261 g/mol. The van der Waals surface area contributed by atoms with Gasteiger partial charge in [-0.1, -0.05) is 12.1 Å². The van der Waals surface area contributed by atoms with Gasteiger partial charge in [0, 0.05) is 18.4 Å². The van der Waals surface area contributed by atoms with Crippen molar-refractivity contribution in [1.29, 1.82) is 0 Å². The molecule has 5 heteroatoms. The zero-order valence-electron chi connectivity index (χ0n) is 10.5. The number of nitrogens with two attached hydrogens (primary N) is 1. The number of hydrogen-bond acceptors (Lipinski definition) is 5. The first-order valence-corrected chi connectivity index (χ1v) is 5.87. The van der Waals surface area contributed by atoms with E-state index in [0.717, 1.165) is 11.8 Å². The van der Waals surface area contributed by atoms with Gasteiger partial charge in [0.15, 0.2) is 6.10 Å². The van der Waals surface area contributed by atoms with E-state index in [2.05, 4.69) is 0 Å². The first kappa shape index (κ1) is 13.3. The Morgan fingerprint density at radius 3 is 2.68 bits per heavy atom.